The third kappa shape index (κ3) is 3.24. The van der Waals surface area contributed by atoms with Crippen molar-refractivity contribution in [1.82, 2.24) is 0 Å². The molecule has 0 spiro atoms. The summed E-state index contributed by atoms with van der Waals surface area (Å²) >= 11 is 0. The van der Waals surface area contributed by atoms with E-state index in [1.165, 1.54) is 17.7 Å². The van der Waals surface area contributed by atoms with Gasteiger partial charge in [0.1, 0.15) is 0 Å². The molecule has 0 aliphatic rings. The van der Waals surface area contributed by atoms with Crippen LogP contribution in [-0.4, -0.2) is 19.6 Å². The van der Waals surface area contributed by atoms with Crippen LogP contribution >= 0.6 is 0 Å². The second-order valence-corrected chi connectivity index (χ2v) is 4.13. The van der Waals surface area contributed by atoms with E-state index in [9.17, 15) is 0 Å². The fraction of sp³-hybridized carbons (Fsp3) is 0.538. The van der Waals surface area contributed by atoms with E-state index in [0.29, 0.717) is 6.04 Å². The van der Waals surface area contributed by atoms with Gasteiger partial charge in [-0.1, -0.05) is 25.5 Å². The molecule has 2 nitrogen and oxygen atoms in total. The Morgan fingerprint density at radius 3 is 2.67 bits per heavy atom. The normalized spacial score (nSPS) is 12.5. The highest BCUT2D eigenvalue weighted by Crippen LogP contribution is 2.18. The minimum absolute atomic E-state index is 0.455. The van der Waals surface area contributed by atoms with Gasteiger partial charge in [0.15, 0.2) is 0 Å². The lowest BCUT2D eigenvalue weighted by Gasteiger charge is -2.29. The van der Waals surface area contributed by atoms with Crippen LogP contribution in [0.25, 0.3) is 0 Å². The number of hydrogen-bond donors (Lipinski definition) is 1. The van der Waals surface area contributed by atoms with Gasteiger partial charge in [0.05, 0.1) is 0 Å². The van der Waals surface area contributed by atoms with E-state index in [1.54, 1.807) is 0 Å². The van der Waals surface area contributed by atoms with Gasteiger partial charge in [-0.25, -0.2) is 0 Å². The number of benzene rings is 1. The van der Waals surface area contributed by atoms with E-state index in [1.807, 2.05) is 0 Å². The Kier molecular flexibility index (Phi) is 4.63. The van der Waals surface area contributed by atoms with E-state index in [4.69, 9.17) is 5.73 Å². The standard InChI is InChI=1S/C13H22N2/c1-4-6-13(10-14)15(3)12-8-5-7-11(2)9-12/h5,7-9,13H,4,6,10,14H2,1-3H3. The largest absolute Gasteiger partial charge is 0.370 e. The van der Waals surface area contributed by atoms with Crippen molar-refractivity contribution >= 4 is 5.69 Å². The van der Waals surface area contributed by atoms with E-state index in [2.05, 4.69) is 50.1 Å². The first kappa shape index (κ1) is 12.1. The summed E-state index contributed by atoms with van der Waals surface area (Å²) in [6.07, 6.45) is 2.33. The van der Waals surface area contributed by atoms with Crippen molar-refractivity contribution in [1.29, 1.82) is 0 Å². The molecule has 0 aliphatic heterocycles. The lowest BCUT2D eigenvalue weighted by atomic mass is 10.1. The molecule has 0 radical (unpaired) electrons. The Labute approximate surface area is 93.1 Å². The van der Waals surface area contributed by atoms with Crippen LogP contribution in [0.3, 0.4) is 0 Å². The van der Waals surface area contributed by atoms with Crippen LogP contribution in [0.5, 0.6) is 0 Å². The molecular formula is C13H22N2. The van der Waals surface area contributed by atoms with Crippen molar-refractivity contribution in [3.8, 4) is 0 Å². The first-order valence-electron chi connectivity index (χ1n) is 5.68. The molecule has 15 heavy (non-hydrogen) atoms. The molecule has 0 saturated carbocycles. The number of hydrogen-bond acceptors (Lipinski definition) is 2. The van der Waals surface area contributed by atoms with Crippen LogP contribution in [0, 0.1) is 6.92 Å². The van der Waals surface area contributed by atoms with Crippen LogP contribution in [0.1, 0.15) is 25.3 Å². The highest BCUT2D eigenvalue weighted by molar-refractivity contribution is 5.48. The average Bonchev–Trinajstić information content (AvgIpc) is 2.25. The van der Waals surface area contributed by atoms with Gasteiger partial charge in [-0.3, -0.25) is 0 Å². The predicted octanol–water partition coefficient (Wildman–Crippen LogP) is 2.56. The van der Waals surface area contributed by atoms with E-state index in [-0.39, 0.29) is 0 Å². The summed E-state index contributed by atoms with van der Waals surface area (Å²) in [5.74, 6) is 0. The van der Waals surface area contributed by atoms with Gasteiger partial charge in [0.2, 0.25) is 0 Å². The lowest BCUT2D eigenvalue weighted by Crippen LogP contribution is -2.37. The van der Waals surface area contributed by atoms with Crippen LogP contribution < -0.4 is 10.6 Å². The quantitative estimate of drug-likeness (QED) is 0.802. The third-order valence-electron chi connectivity index (χ3n) is 2.85. The van der Waals surface area contributed by atoms with Crippen molar-refractivity contribution in [2.75, 3.05) is 18.5 Å². The molecule has 0 saturated heterocycles. The maximum Gasteiger partial charge on any atom is 0.0409 e. The van der Waals surface area contributed by atoms with Gasteiger partial charge in [0.25, 0.3) is 0 Å². The zero-order valence-corrected chi connectivity index (χ0v) is 10.0. The highest BCUT2D eigenvalue weighted by Gasteiger charge is 2.12. The number of aryl methyl sites for hydroxylation is 1. The smallest absolute Gasteiger partial charge is 0.0409 e. The summed E-state index contributed by atoms with van der Waals surface area (Å²) in [5, 5.41) is 0. The molecule has 2 heteroatoms. The second kappa shape index (κ2) is 5.76. The van der Waals surface area contributed by atoms with E-state index in [0.717, 1.165) is 13.0 Å². The number of anilines is 1. The van der Waals surface area contributed by atoms with Crippen LogP contribution in [-0.2, 0) is 0 Å². The molecule has 1 aromatic carbocycles. The molecule has 0 amide bonds. The zero-order valence-electron chi connectivity index (χ0n) is 10.0. The highest BCUT2D eigenvalue weighted by atomic mass is 15.1. The average molecular weight is 206 g/mol. The molecule has 1 aromatic rings. The molecule has 1 unspecified atom stereocenters. The maximum atomic E-state index is 5.79. The Balaban J connectivity index is 2.77. The number of likely N-dealkylation sites (N-methyl/N-ethyl adjacent to an activating group) is 1. The second-order valence-electron chi connectivity index (χ2n) is 4.13. The fourth-order valence-corrected chi connectivity index (χ4v) is 1.86. The minimum atomic E-state index is 0.455. The first-order valence-corrected chi connectivity index (χ1v) is 5.68. The first-order chi connectivity index (χ1) is 7.19. The number of rotatable bonds is 5. The van der Waals surface area contributed by atoms with Gasteiger partial charge in [-0.2, -0.15) is 0 Å². The van der Waals surface area contributed by atoms with Crippen molar-refractivity contribution in [2.24, 2.45) is 5.73 Å². The Morgan fingerprint density at radius 2 is 2.13 bits per heavy atom. The summed E-state index contributed by atoms with van der Waals surface area (Å²) in [6, 6.07) is 9.02. The molecule has 0 fully saturated rings. The summed E-state index contributed by atoms with van der Waals surface area (Å²) in [6.45, 7) is 5.04. The molecule has 0 aliphatic carbocycles. The van der Waals surface area contributed by atoms with Gasteiger partial charge in [-0.15, -0.1) is 0 Å². The minimum Gasteiger partial charge on any atom is -0.370 e. The van der Waals surface area contributed by atoms with E-state index < -0.39 is 0 Å². The summed E-state index contributed by atoms with van der Waals surface area (Å²) in [7, 11) is 2.13. The van der Waals surface area contributed by atoms with Crippen LogP contribution in [0.2, 0.25) is 0 Å². The monoisotopic (exact) mass is 206 g/mol. The van der Waals surface area contributed by atoms with Crippen molar-refractivity contribution in [3.63, 3.8) is 0 Å². The zero-order chi connectivity index (χ0) is 11.3. The fourth-order valence-electron chi connectivity index (χ4n) is 1.86. The molecule has 84 valence electrons. The molecule has 0 bridgehead atoms. The Hall–Kier alpha value is -1.02. The molecule has 1 rings (SSSR count). The maximum absolute atomic E-state index is 5.79. The predicted molar refractivity (Wildman–Crippen MR) is 67.3 cm³/mol. The van der Waals surface area contributed by atoms with Crippen molar-refractivity contribution in [3.05, 3.63) is 29.8 Å². The molecule has 0 heterocycles. The van der Waals surface area contributed by atoms with Gasteiger partial charge in [-0.05, 0) is 31.0 Å². The lowest BCUT2D eigenvalue weighted by molar-refractivity contribution is 0.580. The molecular weight excluding hydrogens is 184 g/mol. The molecule has 1 atom stereocenters. The number of nitrogens with two attached hydrogens (primary N) is 1. The number of nitrogens with zero attached hydrogens (tertiary/aromatic N) is 1. The summed E-state index contributed by atoms with van der Waals surface area (Å²) in [4.78, 5) is 2.29. The topological polar surface area (TPSA) is 29.3 Å². The molecule has 2 N–H and O–H groups in total. The Bertz CT molecular complexity index is 296. The van der Waals surface area contributed by atoms with Gasteiger partial charge < -0.3 is 10.6 Å². The van der Waals surface area contributed by atoms with Crippen LogP contribution in [0.15, 0.2) is 24.3 Å². The van der Waals surface area contributed by atoms with Crippen molar-refractivity contribution in [2.45, 2.75) is 32.7 Å². The SMILES string of the molecule is CCCC(CN)N(C)c1cccc(C)c1. The summed E-state index contributed by atoms with van der Waals surface area (Å²) < 4.78 is 0. The Morgan fingerprint density at radius 1 is 1.40 bits per heavy atom. The van der Waals surface area contributed by atoms with E-state index >= 15 is 0 Å². The summed E-state index contributed by atoms with van der Waals surface area (Å²) in [5.41, 5.74) is 8.35. The van der Waals surface area contributed by atoms with Gasteiger partial charge >= 0.3 is 0 Å². The van der Waals surface area contributed by atoms with Crippen molar-refractivity contribution < 1.29 is 0 Å². The third-order valence-corrected chi connectivity index (χ3v) is 2.85. The van der Waals surface area contributed by atoms with Crippen LogP contribution in [0.4, 0.5) is 5.69 Å². The van der Waals surface area contributed by atoms with Gasteiger partial charge in [0, 0.05) is 25.3 Å². The molecule has 0 aromatic heterocycles.